The highest BCUT2D eigenvalue weighted by molar-refractivity contribution is 5.76. The van der Waals surface area contributed by atoms with Gasteiger partial charge in [-0.05, 0) is 36.1 Å². The van der Waals surface area contributed by atoms with Gasteiger partial charge in [-0.1, -0.05) is 98.1 Å². The highest BCUT2D eigenvalue weighted by Crippen LogP contribution is 2.22. The van der Waals surface area contributed by atoms with E-state index in [4.69, 9.17) is 0 Å². The Morgan fingerprint density at radius 2 is 1.00 bits per heavy atom. The van der Waals surface area contributed by atoms with Crippen molar-refractivity contribution < 1.29 is 0 Å². The second-order valence-electron chi connectivity index (χ2n) is 5.14. The van der Waals surface area contributed by atoms with Crippen molar-refractivity contribution in [3.63, 3.8) is 0 Å². The Morgan fingerprint density at radius 1 is 0.682 bits per heavy atom. The summed E-state index contributed by atoms with van der Waals surface area (Å²) in [5.74, 6) is 0. The molecule has 0 aliphatic heterocycles. The molecule has 0 unspecified atom stereocenters. The van der Waals surface area contributed by atoms with Gasteiger partial charge in [-0.2, -0.15) is 0 Å². The molecule has 22 heavy (non-hydrogen) atoms. The predicted molar refractivity (Wildman–Crippen MR) is 102 cm³/mol. The maximum Gasteiger partial charge on any atom is -0.0158 e. The molecule has 0 aliphatic rings. The number of rotatable bonds is 4. The van der Waals surface area contributed by atoms with Crippen LogP contribution in [0.2, 0.25) is 0 Å². The summed E-state index contributed by atoms with van der Waals surface area (Å²) in [5, 5.41) is 0. The Hall–Kier alpha value is -2.60. The summed E-state index contributed by atoms with van der Waals surface area (Å²) in [4.78, 5) is 0. The minimum absolute atomic E-state index is 1.09. The van der Waals surface area contributed by atoms with Gasteiger partial charge < -0.3 is 0 Å². The summed E-state index contributed by atoms with van der Waals surface area (Å²) in [5.41, 5.74) is 6.85. The molecule has 0 saturated carbocycles. The van der Waals surface area contributed by atoms with Crippen LogP contribution in [0.25, 0.3) is 23.3 Å². The van der Waals surface area contributed by atoms with Crippen LogP contribution in [0.5, 0.6) is 0 Å². The number of allylic oxidation sites excluding steroid dienone is 2. The topological polar surface area (TPSA) is 0 Å². The van der Waals surface area contributed by atoms with Crippen molar-refractivity contribution >= 4 is 23.3 Å². The predicted octanol–water partition coefficient (Wildman–Crippen LogP) is 6.73. The molecule has 0 aromatic heterocycles. The molecule has 0 amide bonds. The second kappa shape index (κ2) is 8.63. The second-order valence-corrected chi connectivity index (χ2v) is 5.14. The molecule has 0 spiro atoms. The van der Waals surface area contributed by atoms with Crippen molar-refractivity contribution in [1.82, 2.24) is 0 Å². The lowest BCUT2D eigenvalue weighted by Gasteiger charge is -2.07. The maximum atomic E-state index is 3.93. The lowest BCUT2D eigenvalue weighted by atomic mass is 9.98. The zero-order valence-corrected chi connectivity index (χ0v) is 13.6. The van der Waals surface area contributed by atoms with Gasteiger partial charge in [0.2, 0.25) is 0 Å². The summed E-state index contributed by atoms with van der Waals surface area (Å²) in [6, 6.07) is 16.2. The molecule has 0 saturated heterocycles. The largest absolute Gasteiger partial charge is 0.0984 e. The highest BCUT2D eigenvalue weighted by Gasteiger charge is 2.01. The van der Waals surface area contributed by atoms with Gasteiger partial charge in [-0.15, -0.1) is 0 Å². The van der Waals surface area contributed by atoms with Crippen LogP contribution in [0.1, 0.15) is 36.1 Å². The van der Waals surface area contributed by atoms with Crippen LogP contribution in [0, 0.1) is 0 Å². The molecular formula is C22H24. The van der Waals surface area contributed by atoms with E-state index in [0.717, 1.165) is 22.3 Å². The Balaban J connectivity index is 0.000000224. The first-order valence-electron chi connectivity index (χ1n) is 7.26. The molecule has 0 atom stereocenters. The van der Waals surface area contributed by atoms with Gasteiger partial charge in [0.05, 0.1) is 0 Å². The zero-order chi connectivity index (χ0) is 16.5. The molecule has 0 nitrogen and oxygen atoms in total. The molecule has 0 fully saturated rings. The SMILES string of the molecule is C=C(C)c1ccccc1C(=C)C.C=Cc1ccccc1C=C. The lowest BCUT2D eigenvalue weighted by Crippen LogP contribution is -1.86. The molecule has 0 heterocycles. The average Bonchev–Trinajstić information content (AvgIpc) is 2.55. The van der Waals surface area contributed by atoms with E-state index in [1.165, 1.54) is 11.1 Å². The average molecular weight is 288 g/mol. The van der Waals surface area contributed by atoms with E-state index < -0.39 is 0 Å². The molecule has 112 valence electrons. The van der Waals surface area contributed by atoms with Gasteiger partial charge in [0.15, 0.2) is 0 Å². The molecule has 0 N–H and O–H groups in total. The van der Waals surface area contributed by atoms with Crippen molar-refractivity contribution in [2.24, 2.45) is 0 Å². The van der Waals surface area contributed by atoms with E-state index in [0.29, 0.717) is 0 Å². The van der Waals surface area contributed by atoms with Crippen LogP contribution in [-0.2, 0) is 0 Å². The summed E-state index contributed by atoms with van der Waals surface area (Å²) >= 11 is 0. The first kappa shape index (κ1) is 17.5. The third-order valence-corrected chi connectivity index (χ3v) is 3.28. The van der Waals surface area contributed by atoms with Crippen LogP contribution in [0.4, 0.5) is 0 Å². The fraction of sp³-hybridized carbons (Fsp3) is 0.0909. The Morgan fingerprint density at radius 3 is 1.27 bits per heavy atom. The van der Waals surface area contributed by atoms with Crippen LogP contribution in [0.3, 0.4) is 0 Å². The fourth-order valence-corrected chi connectivity index (χ4v) is 2.11. The van der Waals surface area contributed by atoms with Gasteiger partial charge in [-0.3, -0.25) is 0 Å². The first-order valence-corrected chi connectivity index (χ1v) is 7.26. The van der Waals surface area contributed by atoms with Crippen molar-refractivity contribution in [2.75, 3.05) is 0 Å². The van der Waals surface area contributed by atoms with Gasteiger partial charge in [0.25, 0.3) is 0 Å². The summed E-state index contributed by atoms with van der Waals surface area (Å²) in [7, 11) is 0. The van der Waals surface area contributed by atoms with Gasteiger partial charge >= 0.3 is 0 Å². The molecule has 2 rings (SSSR count). The third kappa shape index (κ3) is 4.75. The van der Waals surface area contributed by atoms with Gasteiger partial charge in [0, 0.05) is 0 Å². The highest BCUT2D eigenvalue weighted by atomic mass is 14.1. The van der Waals surface area contributed by atoms with Crippen LogP contribution in [-0.4, -0.2) is 0 Å². The standard InChI is InChI=1S/C12H14.C10H10/c1-9(2)11-7-5-6-8-12(11)10(3)4;1-3-9-7-5-6-8-10(9)4-2/h5-8H,1,3H2,2,4H3;3-8H,1-2H2. The van der Waals surface area contributed by atoms with Crippen molar-refractivity contribution in [3.8, 4) is 0 Å². The number of hydrogen-bond donors (Lipinski definition) is 0. The normalized spacial score (nSPS) is 9.18. The van der Waals surface area contributed by atoms with Gasteiger partial charge in [-0.25, -0.2) is 0 Å². The van der Waals surface area contributed by atoms with Crippen LogP contribution < -0.4 is 0 Å². The van der Waals surface area contributed by atoms with Crippen LogP contribution >= 0.6 is 0 Å². The summed E-state index contributed by atoms with van der Waals surface area (Å²) in [6.45, 7) is 19.3. The molecule has 0 bridgehead atoms. The van der Waals surface area contributed by atoms with E-state index in [1.54, 1.807) is 0 Å². The zero-order valence-electron chi connectivity index (χ0n) is 13.6. The molecule has 2 aromatic carbocycles. The first-order chi connectivity index (χ1) is 10.5. The van der Waals surface area contributed by atoms with Gasteiger partial charge in [0.1, 0.15) is 0 Å². The van der Waals surface area contributed by atoms with E-state index in [2.05, 4.69) is 38.4 Å². The molecule has 0 heteroatoms. The Bertz CT molecular complexity index is 627. The number of benzene rings is 2. The third-order valence-electron chi connectivity index (χ3n) is 3.28. The molecule has 2 aromatic rings. The Labute approximate surface area is 134 Å². The van der Waals surface area contributed by atoms with Crippen molar-refractivity contribution in [3.05, 3.63) is 97.1 Å². The minimum atomic E-state index is 1.09. The van der Waals surface area contributed by atoms with E-state index in [-0.39, 0.29) is 0 Å². The molecule has 0 aliphatic carbocycles. The summed E-state index contributed by atoms with van der Waals surface area (Å²) < 4.78 is 0. The quantitative estimate of drug-likeness (QED) is 0.585. The Kier molecular flexibility index (Phi) is 6.85. The van der Waals surface area contributed by atoms with Crippen molar-refractivity contribution in [2.45, 2.75) is 13.8 Å². The van der Waals surface area contributed by atoms with Crippen LogP contribution in [0.15, 0.2) is 74.8 Å². The summed E-state index contributed by atoms with van der Waals surface area (Å²) in [6.07, 6.45) is 3.66. The van der Waals surface area contributed by atoms with E-state index in [9.17, 15) is 0 Å². The fourth-order valence-electron chi connectivity index (χ4n) is 2.11. The van der Waals surface area contributed by atoms with E-state index >= 15 is 0 Å². The molecular weight excluding hydrogens is 264 g/mol. The minimum Gasteiger partial charge on any atom is -0.0984 e. The maximum absolute atomic E-state index is 3.93. The smallest absolute Gasteiger partial charge is 0.0158 e. The molecule has 0 radical (unpaired) electrons. The monoisotopic (exact) mass is 288 g/mol. The lowest BCUT2D eigenvalue weighted by molar-refractivity contribution is 1.50. The van der Waals surface area contributed by atoms with Crippen molar-refractivity contribution in [1.29, 1.82) is 0 Å². The van der Waals surface area contributed by atoms with E-state index in [1.807, 2.05) is 62.4 Å². The number of hydrogen-bond acceptors (Lipinski definition) is 0.